The molecule has 3 aromatic rings. The zero-order valence-electron chi connectivity index (χ0n) is 56.5. The summed E-state index contributed by atoms with van der Waals surface area (Å²) in [6.07, 6.45) is 39.6. The predicted octanol–water partition coefficient (Wildman–Crippen LogP) is 18.4. The molecule has 12 heteroatoms. The van der Waals surface area contributed by atoms with Crippen LogP contribution < -0.4 is 10.6 Å². The van der Waals surface area contributed by atoms with E-state index in [9.17, 15) is 28.8 Å². The van der Waals surface area contributed by atoms with Crippen LogP contribution in [0.3, 0.4) is 0 Å². The van der Waals surface area contributed by atoms with Crippen molar-refractivity contribution >= 4 is 35.8 Å². The molecule has 3 aliphatic heterocycles. The summed E-state index contributed by atoms with van der Waals surface area (Å²) in [6, 6.07) is 17.2. The van der Waals surface area contributed by atoms with Gasteiger partial charge in [-0.1, -0.05) is 203 Å². The Labute approximate surface area is 540 Å². The van der Waals surface area contributed by atoms with E-state index in [1.54, 1.807) is 24.6 Å². The molecule has 490 valence electrons. The van der Waals surface area contributed by atoms with Crippen molar-refractivity contribution in [3.63, 3.8) is 0 Å². The molecule has 0 spiro atoms. The maximum Gasteiger partial charge on any atom is 0.338 e. The van der Waals surface area contributed by atoms with Crippen LogP contribution in [-0.2, 0) is 43.1 Å². The van der Waals surface area contributed by atoms with Gasteiger partial charge in [0.25, 0.3) is 0 Å². The number of nitrogens with one attached hydrogen (secondary N) is 2. The minimum absolute atomic E-state index is 0.0476. The van der Waals surface area contributed by atoms with Crippen LogP contribution >= 0.6 is 0 Å². The van der Waals surface area contributed by atoms with Gasteiger partial charge < -0.3 is 24.8 Å². The van der Waals surface area contributed by atoms with Gasteiger partial charge in [0, 0.05) is 44.5 Å². The number of ether oxygens (including phenoxy) is 3. The first-order valence-corrected chi connectivity index (χ1v) is 34.0. The fourth-order valence-electron chi connectivity index (χ4n) is 12.0. The number of hydrogen-bond acceptors (Lipinski definition) is 9. The van der Waals surface area contributed by atoms with E-state index >= 15 is 0 Å². The van der Waals surface area contributed by atoms with Gasteiger partial charge in [0.05, 0.1) is 16.7 Å². The lowest BCUT2D eigenvalue weighted by atomic mass is 9.87. The molecule has 4 amide bonds. The van der Waals surface area contributed by atoms with Gasteiger partial charge in [-0.25, -0.2) is 24.1 Å². The van der Waals surface area contributed by atoms with Crippen LogP contribution in [0.15, 0.2) is 128 Å². The molecule has 0 bridgehead atoms. The Bertz CT molecular complexity index is 2970. The largest absolute Gasteiger partial charge is 0.458 e. The molecule has 0 saturated carbocycles. The van der Waals surface area contributed by atoms with E-state index < -0.39 is 18.2 Å². The van der Waals surface area contributed by atoms with E-state index in [0.717, 1.165) is 102 Å². The number of unbranched alkanes of at least 4 members (excludes halogenated alkanes) is 6. The summed E-state index contributed by atoms with van der Waals surface area (Å²) < 4.78 is 18.4. The number of carbonyl (C=O) groups is 6. The second-order valence-electron chi connectivity index (χ2n) is 26.0. The number of amides is 4. The highest BCUT2D eigenvalue weighted by atomic mass is 16.6. The molecular formula is C78H109N3O9. The normalized spacial score (nSPS) is 23.9. The molecule has 3 heterocycles. The number of cyclic esters (lactones) is 3. The van der Waals surface area contributed by atoms with Gasteiger partial charge >= 0.3 is 23.9 Å². The molecule has 0 radical (unpaired) electrons. The summed E-state index contributed by atoms with van der Waals surface area (Å²) >= 11 is 0. The maximum absolute atomic E-state index is 13.7. The molecular weight excluding hydrogens is 1120 g/mol. The molecule has 12 nitrogen and oxygen atoms in total. The average Bonchev–Trinajstić information content (AvgIpc) is 1.80. The van der Waals surface area contributed by atoms with Crippen molar-refractivity contribution in [2.24, 2.45) is 35.5 Å². The number of fused-ring (bicyclic) bond motifs is 3. The second kappa shape index (κ2) is 39.9. The number of allylic oxidation sites excluding steroid dienone is 6. The molecule has 0 aliphatic carbocycles. The van der Waals surface area contributed by atoms with E-state index in [2.05, 4.69) is 102 Å². The van der Waals surface area contributed by atoms with Crippen LogP contribution in [0.5, 0.6) is 0 Å². The van der Waals surface area contributed by atoms with Crippen molar-refractivity contribution in [3.8, 4) is 0 Å². The smallest absolute Gasteiger partial charge is 0.338 e. The lowest BCUT2D eigenvalue weighted by Crippen LogP contribution is -2.38. The van der Waals surface area contributed by atoms with Crippen molar-refractivity contribution in [2.75, 3.05) is 0 Å². The highest BCUT2D eigenvalue weighted by Crippen LogP contribution is 2.31. The topological polar surface area (TPSA) is 157 Å². The summed E-state index contributed by atoms with van der Waals surface area (Å²) in [4.78, 5) is 80.7. The van der Waals surface area contributed by atoms with Crippen LogP contribution in [0.2, 0.25) is 0 Å². The molecule has 3 aromatic carbocycles. The Morgan fingerprint density at radius 3 is 1.22 bits per heavy atom. The van der Waals surface area contributed by atoms with Gasteiger partial charge in [0.1, 0.15) is 18.3 Å². The molecule has 3 aliphatic rings. The first kappa shape index (κ1) is 73.7. The Morgan fingerprint density at radius 2 is 0.833 bits per heavy atom. The predicted molar refractivity (Wildman–Crippen MR) is 365 cm³/mol. The fourth-order valence-corrected chi connectivity index (χ4v) is 12.0. The van der Waals surface area contributed by atoms with Crippen molar-refractivity contribution < 1.29 is 43.0 Å². The van der Waals surface area contributed by atoms with E-state index in [4.69, 9.17) is 14.2 Å². The average molecular weight is 1230 g/mol. The molecule has 0 aromatic heterocycles. The number of nitrogens with zero attached hydrogens (tertiary/aromatic N) is 1. The molecule has 6 rings (SSSR count). The summed E-state index contributed by atoms with van der Waals surface area (Å²) in [5, 5.41) is 5.65. The molecule has 0 fully saturated rings. The van der Waals surface area contributed by atoms with Crippen LogP contribution in [0.1, 0.15) is 242 Å². The number of esters is 3. The van der Waals surface area contributed by atoms with E-state index in [-0.39, 0.29) is 48.2 Å². The van der Waals surface area contributed by atoms with Crippen molar-refractivity contribution in [1.29, 1.82) is 0 Å². The SMILES string of the molecule is CCCCCCC(=O)N(/C=C/C[C@H]1C[C@@H](C)[C@@H](C)C/C=C/Cc2cccc(C)c2C(=O)O1)C(=O)N/C=C/C[C@H]1C[C@@H](C)[C@@H](C)C/C=C/Cc2cccc(C)c2C(=O)O1.CCCCCCC(=O)N/C=C/C[C@H]1C[C@@H](C)[C@@H](C)C/C=C/Cc2cccc(C)c2C(=O)O1. The third kappa shape index (κ3) is 25.0. The standard InChI is InChI=1S/C50H68N2O6.C28H41NO3/c1-8-9-10-11-30-45(53)52(32-19-29-44-34-40(7)36(3)21-13-15-25-42-27-17-23-38(5)47(42)49(55)58-44)50(56)51-31-18-28-43-33-39(6)35(2)20-12-14-24-41-26-16-22-37(4)46(41)48(54)57-43;1-5-6-7-8-18-26(30)29-19-12-17-25-20-23(4)21(2)13-9-10-15-24-16-11-14-22(3)27(24)28(31)32-25/h12-19,22-23,26-27,31-32,35-36,39-40,43-44H,8-11,20-21,24-25,28-30,33-34H2,1-7H3,(H,51,56);9-12,14,16,19,21,23,25H,5-8,13,15,17-18,20H2,1-4H3,(H,29,30)/b14-12+,15-13+,31-18+,32-19+;10-9+,19-12+/t35-,36-,39+,40+,43-,44-;21-,23+,25-/m00/s1. The number of imide groups is 1. The maximum atomic E-state index is 13.7. The number of carbonyl (C=O) groups excluding carboxylic acids is 6. The third-order valence-electron chi connectivity index (χ3n) is 18.5. The highest BCUT2D eigenvalue weighted by Gasteiger charge is 2.28. The van der Waals surface area contributed by atoms with Crippen LogP contribution in [0.25, 0.3) is 0 Å². The number of hydrogen-bond donors (Lipinski definition) is 2. The number of urea groups is 1. The molecule has 0 unspecified atom stereocenters. The fraction of sp³-hybridized carbons (Fsp3) is 0.538. The molecule has 2 N–H and O–H groups in total. The summed E-state index contributed by atoms with van der Waals surface area (Å²) in [5.74, 6) is 1.12. The third-order valence-corrected chi connectivity index (χ3v) is 18.5. The summed E-state index contributed by atoms with van der Waals surface area (Å²) in [6.45, 7) is 23.4. The van der Waals surface area contributed by atoms with E-state index in [1.807, 2.05) is 81.4 Å². The van der Waals surface area contributed by atoms with Crippen LogP contribution in [-0.4, -0.2) is 59.0 Å². The first-order valence-electron chi connectivity index (χ1n) is 34.0. The summed E-state index contributed by atoms with van der Waals surface area (Å²) in [7, 11) is 0. The van der Waals surface area contributed by atoms with Gasteiger partial charge in [0.15, 0.2) is 0 Å². The Balaban J connectivity index is 0.000000388. The minimum atomic E-state index is -0.573. The lowest BCUT2D eigenvalue weighted by molar-refractivity contribution is -0.126. The Kier molecular flexibility index (Phi) is 32.7. The number of rotatable bonds is 19. The van der Waals surface area contributed by atoms with Crippen LogP contribution in [0, 0.1) is 56.3 Å². The molecule has 90 heavy (non-hydrogen) atoms. The Hall–Kier alpha value is -7.08. The van der Waals surface area contributed by atoms with Crippen molar-refractivity contribution in [2.45, 2.75) is 236 Å². The van der Waals surface area contributed by atoms with Gasteiger partial charge in [-0.2, -0.15) is 0 Å². The minimum Gasteiger partial charge on any atom is -0.458 e. The van der Waals surface area contributed by atoms with Crippen molar-refractivity contribution in [1.82, 2.24) is 15.5 Å². The quantitative estimate of drug-likeness (QED) is 0.0516. The number of aryl methyl sites for hydroxylation is 3. The highest BCUT2D eigenvalue weighted by molar-refractivity contribution is 5.96. The van der Waals surface area contributed by atoms with Gasteiger partial charge in [-0.3, -0.25) is 9.59 Å². The first-order chi connectivity index (χ1) is 43.3. The van der Waals surface area contributed by atoms with Crippen LogP contribution in [0.4, 0.5) is 4.79 Å². The summed E-state index contributed by atoms with van der Waals surface area (Å²) in [5.41, 5.74) is 7.51. The van der Waals surface area contributed by atoms with Gasteiger partial charge in [-0.05, 0) is 166 Å². The second-order valence-corrected chi connectivity index (χ2v) is 26.0. The lowest BCUT2D eigenvalue weighted by Gasteiger charge is -2.26. The number of benzene rings is 3. The van der Waals surface area contributed by atoms with Crippen molar-refractivity contribution in [3.05, 3.63) is 178 Å². The monoisotopic (exact) mass is 1230 g/mol. The van der Waals surface area contributed by atoms with E-state index in [0.29, 0.717) is 104 Å². The Morgan fingerprint density at radius 1 is 0.467 bits per heavy atom. The molecule has 9 atom stereocenters. The van der Waals surface area contributed by atoms with E-state index in [1.165, 1.54) is 19.0 Å². The van der Waals surface area contributed by atoms with Gasteiger partial charge in [0.2, 0.25) is 11.8 Å². The zero-order valence-corrected chi connectivity index (χ0v) is 56.5. The molecule has 0 saturated heterocycles. The van der Waals surface area contributed by atoms with Gasteiger partial charge in [-0.15, -0.1) is 0 Å². The zero-order chi connectivity index (χ0) is 65.4.